The molecule has 0 saturated heterocycles. The van der Waals surface area contributed by atoms with Gasteiger partial charge >= 0.3 is 0 Å². The topological polar surface area (TPSA) is 80.4 Å². The summed E-state index contributed by atoms with van der Waals surface area (Å²) >= 11 is 5.26. The predicted molar refractivity (Wildman–Crippen MR) is 49.8 cm³/mol. The Kier molecular flexibility index (Phi) is 3.03. The first-order chi connectivity index (χ1) is 6.56. The molecule has 1 aromatic rings. The number of aromatic hydroxyl groups is 1. The van der Waals surface area contributed by atoms with Gasteiger partial charge in [-0.3, -0.25) is 14.9 Å². The number of alkyl halides is 1. The molecule has 0 saturated carbocycles. The number of carbonyl (C=O) groups is 1. The van der Waals surface area contributed by atoms with Gasteiger partial charge in [0.05, 0.1) is 10.8 Å². The number of halogens is 1. The molecule has 5 nitrogen and oxygen atoms in total. The number of phenols is 1. The quantitative estimate of drug-likeness (QED) is 0.360. The second kappa shape index (κ2) is 4.06. The largest absolute Gasteiger partial charge is 0.508 e. The third kappa shape index (κ3) is 2.00. The van der Waals surface area contributed by atoms with Crippen molar-refractivity contribution in [1.29, 1.82) is 0 Å². The first-order valence-corrected chi connectivity index (χ1v) is 4.16. The van der Waals surface area contributed by atoms with E-state index in [1.807, 2.05) is 0 Å². The summed E-state index contributed by atoms with van der Waals surface area (Å²) < 4.78 is 0. The van der Waals surface area contributed by atoms with Crippen LogP contribution in [0.4, 0.5) is 5.69 Å². The zero-order chi connectivity index (χ0) is 10.7. The van der Waals surface area contributed by atoms with E-state index >= 15 is 0 Å². The predicted octanol–water partition coefficient (Wildman–Crippen LogP) is 1.72. The summed E-state index contributed by atoms with van der Waals surface area (Å²) in [5, 5.41) is 19.5. The minimum atomic E-state index is -0.695. The number of rotatable bonds is 3. The van der Waals surface area contributed by atoms with Crippen molar-refractivity contribution in [2.45, 2.75) is 0 Å². The van der Waals surface area contributed by atoms with Crippen molar-refractivity contribution < 1.29 is 14.8 Å². The fourth-order valence-electron chi connectivity index (χ4n) is 0.979. The van der Waals surface area contributed by atoms with Crippen LogP contribution in [0.5, 0.6) is 5.75 Å². The van der Waals surface area contributed by atoms with Crippen LogP contribution in [0.25, 0.3) is 0 Å². The van der Waals surface area contributed by atoms with E-state index in [-0.39, 0.29) is 22.9 Å². The Balaban J connectivity index is 3.29. The van der Waals surface area contributed by atoms with Crippen LogP contribution in [0.15, 0.2) is 18.2 Å². The number of nitrogens with zero attached hydrogens (tertiary/aromatic N) is 1. The zero-order valence-electron chi connectivity index (χ0n) is 6.94. The molecule has 74 valence electrons. The average Bonchev–Trinajstić information content (AvgIpc) is 2.16. The summed E-state index contributed by atoms with van der Waals surface area (Å²) in [6.45, 7) is 0. The van der Waals surface area contributed by atoms with Crippen LogP contribution in [0, 0.1) is 10.1 Å². The smallest absolute Gasteiger partial charge is 0.280 e. The van der Waals surface area contributed by atoms with Crippen LogP contribution in [-0.4, -0.2) is 21.7 Å². The number of nitro groups is 1. The van der Waals surface area contributed by atoms with Crippen molar-refractivity contribution in [3.63, 3.8) is 0 Å². The number of hydrogen-bond acceptors (Lipinski definition) is 4. The van der Waals surface area contributed by atoms with E-state index in [9.17, 15) is 14.9 Å². The van der Waals surface area contributed by atoms with Crippen molar-refractivity contribution >= 4 is 23.1 Å². The molecule has 6 heteroatoms. The van der Waals surface area contributed by atoms with Crippen molar-refractivity contribution in [2.24, 2.45) is 0 Å². The van der Waals surface area contributed by atoms with Gasteiger partial charge in [-0.1, -0.05) is 0 Å². The van der Waals surface area contributed by atoms with Gasteiger partial charge in [0, 0.05) is 6.07 Å². The van der Waals surface area contributed by atoms with Crippen LogP contribution >= 0.6 is 11.6 Å². The van der Waals surface area contributed by atoms with Crippen molar-refractivity contribution in [3.05, 3.63) is 33.9 Å². The fraction of sp³-hybridized carbons (Fsp3) is 0.125. The normalized spacial score (nSPS) is 9.79. The molecule has 0 heterocycles. The third-order valence-corrected chi connectivity index (χ3v) is 1.84. The molecule has 0 atom stereocenters. The number of carbonyl (C=O) groups excluding carboxylic acids is 1. The molecule has 0 bridgehead atoms. The number of benzene rings is 1. The minimum Gasteiger partial charge on any atom is -0.508 e. The number of phenolic OH excluding ortho intramolecular Hbond substituents is 1. The number of ketones is 1. The van der Waals surface area contributed by atoms with E-state index in [0.29, 0.717) is 0 Å². The summed E-state index contributed by atoms with van der Waals surface area (Å²) in [6.07, 6.45) is 0. The van der Waals surface area contributed by atoms with E-state index in [0.717, 1.165) is 18.2 Å². The third-order valence-electron chi connectivity index (χ3n) is 1.60. The summed E-state index contributed by atoms with van der Waals surface area (Å²) in [5.41, 5.74) is -0.529. The molecular weight excluding hydrogens is 210 g/mol. The van der Waals surface area contributed by atoms with Crippen LogP contribution in [-0.2, 0) is 0 Å². The van der Waals surface area contributed by atoms with E-state index in [1.54, 1.807) is 0 Å². The molecule has 1 aromatic carbocycles. The lowest BCUT2D eigenvalue weighted by Gasteiger charge is -1.99. The average molecular weight is 216 g/mol. The highest BCUT2D eigenvalue weighted by Gasteiger charge is 2.19. The summed E-state index contributed by atoms with van der Waals surface area (Å²) in [7, 11) is 0. The molecule has 0 aliphatic carbocycles. The maximum atomic E-state index is 11.1. The number of Topliss-reactive ketones (excluding diaryl/α,β-unsaturated/α-hetero) is 1. The van der Waals surface area contributed by atoms with E-state index in [1.165, 1.54) is 0 Å². The Labute approximate surface area is 84.1 Å². The van der Waals surface area contributed by atoms with Gasteiger partial charge in [0.15, 0.2) is 5.78 Å². The van der Waals surface area contributed by atoms with Gasteiger partial charge < -0.3 is 5.11 Å². The van der Waals surface area contributed by atoms with Gasteiger partial charge in [0.25, 0.3) is 5.69 Å². The van der Waals surface area contributed by atoms with Crippen molar-refractivity contribution in [3.8, 4) is 5.75 Å². The summed E-state index contributed by atoms with van der Waals surface area (Å²) in [4.78, 5) is 20.9. The maximum absolute atomic E-state index is 11.1. The Morgan fingerprint density at radius 1 is 1.57 bits per heavy atom. The molecule has 0 aliphatic rings. The maximum Gasteiger partial charge on any atom is 0.280 e. The molecule has 0 unspecified atom stereocenters. The number of hydrogen-bond donors (Lipinski definition) is 1. The van der Waals surface area contributed by atoms with Gasteiger partial charge in [0.2, 0.25) is 0 Å². The molecular formula is C8H6ClNO4. The molecule has 1 N–H and O–H groups in total. The lowest BCUT2D eigenvalue weighted by molar-refractivity contribution is -0.385. The van der Waals surface area contributed by atoms with Crippen LogP contribution in [0.3, 0.4) is 0 Å². The van der Waals surface area contributed by atoms with Gasteiger partial charge in [-0.25, -0.2) is 0 Å². The van der Waals surface area contributed by atoms with Gasteiger partial charge in [0.1, 0.15) is 11.3 Å². The highest BCUT2D eigenvalue weighted by atomic mass is 35.5. The molecule has 0 aliphatic heterocycles. The standard InChI is InChI=1S/C8H6ClNO4/c9-4-8(12)6-3-5(11)1-2-7(6)10(13)14/h1-3,11H,4H2. The van der Waals surface area contributed by atoms with E-state index < -0.39 is 10.7 Å². The monoisotopic (exact) mass is 215 g/mol. The van der Waals surface area contributed by atoms with Crippen LogP contribution < -0.4 is 0 Å². The lowest BCUT2D eigenvalue weighted by Crippen LogP contribution is -2.04. The number of nitro benzene ring substituents is 1. The zero-order valence-corrected chi connectivity index (χ0v) is 7.69. The van der Waals surface area contributed by atoms with Gasteiger partial charge in [-0.05, 0) is 12.1 Å². The molecule has 1 rings (SSSR count). The summed E-state index contributed by atoms with van der Waals surface area (Å²) in [5.74, 6) is -1.15. The highest BCUT2D eigenvalue weighted by Crippen LogP contribution is 2.23. The Morgan fingerprint density at radius 2 is 2.21 bits per heavy atom. The molecule has 0 fully saturated rings. The molecule has 0 radical (unpaired) electrons. The molecule has 0 aromatic heterocycles. The lowest BCUT2D eigenvalue weighted by atomic mass is 10.1. The molecule has 14 heavy (non-hydrogen) atoms. The van der Waals surface area contributed by atoms with Gasteiger partial charge in [-0.15, -0.1) is 11.6 Å². The first kappa shape index (κ1) is 10.5. The van der Waals surface area contributed by atoms with Crippen LogP contribution in [0.2, 0.25) is 0 Å². The van der Waals surface area contributed by atoms with E-state index in [4.69, 9.17) is 16.7 Å². The van der Waals surface area contributed by atoms with Crippen molar-refractivity contribution in [1.82, 2.24) is 0 Å². The van der Waals surface area contributed by atoms with Crippen LogP contribution in [0.1, 0.15) is 10.4 Å². The highest BCUT2D eigenvalue weighted by molar-refractivity contribution is 6.31. The second-order valence-corrected chi connectivity index (χ2v) is 2.78. The minimum absolute atomic E-state index is 0.176. The molecule has 0 spiro atoms. The Bertz CT molecular complexity index is 391. The first-order valence-electron chi connectivity index (χ1n) is 3.63. The molecule has 0 amide bonds. The Morgan fingerprint density at radius 3 is 2.71 bits per heavy atom. The second-order valence-electron chi connectivity index (χ2n) is 2.52. The fourth-order valence-corrected chi connectivity index (χ4v) is 1.12. The van der Waals surface area contributed by atoms with Crippen molar-refractivity contribution in [2.75, 3.05) is 5.88 Å². The SMILES string of the molecule is O=C(CCl)c1cc(O)ccc1[N+](=O)[O-]. The van der Waals surface area contributed by atoms with Gasteiger partial charge in [-0.2, -0.15) is 0 Å². The van der Waals surface area contributed by atoms with E-state index in [2.05, 4.69) is 0 Å². The summed E-state index contributed by atoms with van der Waals surface area (Å²) in [6, 6.07) is 3.24. The Hall–Kier alpha value is -1.62.